The molecule has 3 heterocycles. The molecule has 0 aliphatic rings. The number of benzene rings is 5. The van der Waals surface area contributed by atoms with Crippen LogP contribution in [0.2, 0.25) is 0 Å². The summed E-state index contributed by atoms with van der Waals surface area (Å²) in [6, 6.07) is 40.7. The average Bonchev–Trinajstić information content (AvgIpc) is 3.22. The van der Waals surface area contributed by atoms with Gasteiger partial charge in [-0.25, -0.2) is 44.9 Å². The van der Waals surface area contributed by atoms with Crippen LogP contribution < -0.4 is 0 Å². The van der Waals surface area contributed by atoms with Crippen molar-refractivity contribution in [2.24, 2.45) is 0 Å². The van der Waals surface area contributed by atoms with E-state index in [-0.39, 0.29) is 16.2 Å². The molecule has 0 N–H and O–H groups in total. The summed E-state index contributed by atoms with van der Waals surface area (Å²) in [6.07, 6.45) is 0. The van der Waals surface area contributed by atoms with Gasteiger partial charge in [0.2, 0.25) is 0 Å². The summed E-state index contributed by atoms with van der Waals surface area (Å²) < 4.78 is 0. The van der Waals surface area contributed by atoms with Crippen molar-refractivity contribution in [3.8, 4) is 68.3 Å². The van der Waals surface area contributed by atoms with Crippen molar-refractivity contribution >= 4 is 10.8 Å². The highest BCUT2D eigenvalue weighted by atomic mass is 15.1. The lowest BCUT2D eigenvalue weighted by atomic mass is 9.93. The molecule has 0 spiro atoms. The van der Waals surface area contributed by atoms with E-state index < -0.39 is 0 Å². The van der Waals surface area contributed by atoms with Crippen LogP contribution in [0.4, 0.5) is 0 Å². The first-order valence-electron chi connectivity index (χ1n) is 19.6. The molecule has 5 aromatic carbocycles. The second-order valence-corrected chi connectivity index (χ2v) is 17.7. The largest absolute Gasteiger partial charge is 0.217 e. The monoisotopic (exact) mass is 761 g/mol. The number of nitrogens with zero attached hydrogens (tertiary/aromatic N) is 9. The first-order chi connectivity index (χ1) is 27.6. The van der Waals surface area contributed by atoms with Crippen LogP contribution >= 0.6 is 0 Å². The Morgan fingerprint density at radius 3 is 1.10 bits per heavy atom. The van der Waals surface area contributed by atoms with E-state index in [0.717, 1.165) is 55.8 Å². The van der Waals surface area contributed by atoms with Crippen LogP contribution in [0.15, 0.2) is 121 Å². The third-order valence-electron chi connectivity index (χ3n) is 9.74. The van der Waals surface area contributed by atoms with Gasteiger partial charge in [-0.2, -0.15) is 0 Å². The Morgan fingerprint density at radius 2 is 0.638 bits per heavy atom. The van der Waals surface area contributed by atoms with E-state index in [2.05, 4.69) is 86.6 Å². The van der Waals surface area contributed by atoms with Crippen molar-refractivity contribution in [2.45, 2.75) is 78.6 Å². The van der Waals surface area contributed by atoms with E-state index >= 15 is 0 Å². The third kappa shape index (κ3) is 7.98. The van der Waals surface area contributed by atoms with Gasteiger partial charge in [-0.3, -0.25) is 0 Å². The first-order valence-corrected chi connectivity index (χ1v) is 19.6. The Morgan fingerprint density at radius 1 is 0.293 bits per heavy atom. The molecule has 0 radical (unpaired) electrons. The number of hydrogen-bond acceptors (Lipinski definition) is 9. The number of aromatic nitrogens is 9. The van der Waals surface area contributed by atoms with E-state index in [4.69, 9.17) is 44.9 Å². The fraction of sp³-hybridized carbons (Fsp3) is 0.245. The van der Waals surface area contributed by atoms with Crippen LogP contribution in [0.1, 0.15) is 79.8 Å². The Kier molecular flexibility index (Phi) is 9.71. The average molecular weight is 762 g/mol. The molecular weight excluding hydrogens is 715 g/mol. The molecule has 58 heavy (non-hydrogen) atoms. The van der Waals surface area contributed by atoms with Crippen LogP contribution in [-0.2, 0) is 16.2 Å². The quantitative estimate of drug-likeness (QED) is 0.163. The fourth-order valence-corrected chi connectivity index (χ4v) is 6.47. The molecule has 3 aromatic heterocycles. The Hall–Kier alpha value is -6.61. The second kappa shape index (κ2) is 14.7. The highest BCUT2D eigenvalue weighted by Gasteiger charge is 2.26. The van der Waals surface area contributed by atoms with Gasteiger partial charge >= 0.3 is 0 Å². The van der Waals surface area contributed by atoms with E-state index in [0.29, 0.717) is 40.8 Å². The molecule has 0 aliphatic carbocycles. The zero-order valence-corrected chi connectivity index (χ0v) is 34.6. The Bertz CT molecular complexity index is 2730. The lowest BCUT2D eigenvalue weighted by molar-refractivity contribution is 0.497. The van der Waals surface area contributed by atoms with Crippen molar-refractivity contribution in [3.63, 3.8) is 0 Å². The van der Waals surface area contributed by atoms with Gasteiger partial charge in [0.15, 0.2) is 34.9 Å². The van der Waals surface area contributed by atoms with Gasteiger partial charge in [0, 0.05) is 49.6 Å². The van der Waals surface area contributed by atoms with Crippen LogP contribution in [0.25, 0.3) is 79.1 Å². The molecule has 0 saturated carbocycles. The van der Waals surface area contributed by atoms with Gasteiger partial charge < -0.3 is 0 Å². The molecule has 0 unspecified atom stereocenters. The van der Waals surface area contributed by atoms with Gasteiger partial charge in [-0.15, -0.1) is 0 Å². The molecule has 9 nitrogen and oxygen atoms in total. The van der Waals surface area contributed by atoms with Crippen LogP contribution in [0.5, 0.6) is 0 Å². The van der Waals surface area contributed by atoms with Gasteiger partial charge in [-0.1, -0.05) is 172 Å². The summed E-state index contributed by atoms with van der Waals surface area (Å²) in [6.45, 7) is 19.1. The van der Waals surface area contributed by atoms with E-state index in [1.165, 1.54) is 0 Å². The number of hydrogen-bond donors (Lipinski definition) is 0. The van der Waals surface area contributed by atoms with Gasteiger partial charge in [0.25, 0.3) is 0 Å². The van der Waals surface area contributed by atoms with Crippen molar-refractivity contribution in [3.05, 3.63) is 139 Å². The molecule has 0 saturated heterocycles. The van der Waals surface area contributed by atoms with E-state index in [9.17, 15) is 0 Å². The number of rotatable bonds is 6. The van der Waals surface area contributed by atoms with Crippen LogP contribution in [0, 0.1) is 0 Å². The molecule has 0 amide bonds. The molecule has 288 valence electrons. The van der Waals surface area contributed by atoms with E-state index in [1.807, 2.05) is 97.1 Å². The third-order valence-corrected chi connectivity index (χ3v) is 9.74. The summed E-state index contributed by atoms with van der Waals surface area (Å²) in [7, 11) is 0. The minimum absolute atomic E-state index is 0.239. The second-order valence-electron chi connectivity index (χ2n) is 17.7. The Labute approximate surface area is 340 Å². The zero-order valence-electron chi connectivity index (χ0n) is 34.6. The summed E-state index contributed by atoms with van der Waals surface area (Å²) in [5, 5.41) is 2.02. The van der Waals surface area contributed by atoms with Gasteiger partial charge in [-0.05, 0) is 22.9 Å². The Balaban J connectivity index is 1.29. The van der Waals surface area contributed by atoms with Crippen LogP contribution in [0.3, 0.4) is 0 Å². The highest BCUT2D eigenvalue weighted by molar-refractivity contribution is 5.98. The summed E-state index contributed by atoms with van der Waals surface area (Å²) in [5.41, 5.74) is 4.45. The van der Waals surface area contributed by atoms with Gasteiger partial charge in [0.05, 0.1) is 0 Å². The topological polar surface area (TPSA) is 116 Å². The molecule has 0 fully saturated rings. The standard InChI is InChI=1S/C49H47N9/c1-47(2,3)44-54-40(31-20-14-11-15-21-31)51-42(57-44)35-28-34-22-16-17-23-36(34)37(29-35)43-52-38(30-18-12-10-13-19-30)50-39(53-43)32-24-26-33(27-25-32)41-55-45(48(4,5)6)58-46(56-41)49(7,8)9/h10-29H,1-9H3. The summed E-state index contributed by atoms with van der Waals surface area (Å²) >= 11 is 0. The lowest BCUT2D eigenvalue weighted by Crippen LogP contribution is -2.24. The van der Waals surface area contributed by atoms with E-state index in [1.54, 1.807) is 0 Å². The summed E-state index contributed by atoms with van der Waals surface area (Å²) in [4.78, 5) is 45.1. The predicted octanol–water partition coefficient (Wildman–Crippen LogP) is 11.3. The molecule has 8 rings (SSSR count). The number of fused-ring (bicyclic) bond motifs is 1. The van der Waals surface area contributed by atoms with Crippen molar-refractivity contribution in [2.75, 3.05) is 0 Å². The first kappa shape index (κ1) is 38.3. The highest BCUT2D eigenvalue weighted by Crippen LogP contribution is 2.35. The molecule has 0 atom stereocenters. The smallest absolute Gasteiger partial charge is 0.164 e. The normalized spacial score (nSPS) is 12.2. The molecule has 9 heteroatoms. The van der Waals surface area contributed by atoms with Crippen molar-refractivity contribution in [1.82, 2.24) is 44.9 Å². The predicted molar refractivity (Wildman–Crippen MR) is 233 cm³/mol. The molecular formula is C49H47N9. The van der Waals surface area contributed by atoms with Crippen LogP contribution in [-0.4, -0.2) is 44.9 Å². The van der Waals surface area contributed by atoms with Crippen molar-refractivity contribution < 1.29 is 0 Å². The fourth-order valence-electron chi connectivity index (χ4n) is 6.47. The molecule has 8 aromatic rings. The zero-order chi connectivity index (χ0) is 40.8. The lowest BCUT2D eigenvalue weighted by Gasteiger charge is -2.22. The molecule has 0 aliphatic heterocycles. The maximum absolute atomic E-state index is 5.18. The molecule has 0 bridgehead atoms. The summed E-state index contributed by atoms with van der Waals surface area (Å²) in [5.74, 6) is 5.76. The minimum Gasteiger partial charge on any atom is -0.217 e. The SMILES string of the molecule is CC(C)(C)c1nc(-c2ccccc2)nc(-c2cc(-c3nc(-c4ccccc4)nc(-c4ccc(-c5nc(C(C)(C)C)nc(C(C)(C)C)n5)cc4)n3)c3ccccc3c2)n1. The van der Waals surface area contributed by atoms with Crippen molar-refractivity contribution in [1.29, 1.82) is 0 Å². The maximum Gasteiger partial charge on any atom is 0.164 e. The maximum atomic E-state index is 5.18. The minimum atomic E-state index is -0.308. The van der Waals surface area contributed by atoms with Gasteiger partial charge in [0.1, 0.15) is 17.5 Å².